The fourth-order valence-corrected chi connectivity index (χ4v) is 2.80. The molecule has 0 aliphatic carbocycles. The minimum Gasteiger partial charge on any atom is -0.508 e. The molecule has 0 aromatic heterocycles. The summed E-state index contributed by atoms with van der Waals surface area (Å²) >= 11 is 0. The molecule has 0 radical (unpaired) electrons. The maximum atomic E-state index is 12.3. The number of nitrogens with zero attached hydrogens (tertiary/aromatic N) is 1. The molecule has 9 heteroatoms. The topological polar surface area (TPSA) is 118 Å². The van der Waals surface area contributed by atoms with Crippen molar-refractivity contribution in [2.24, 2.45) is 5.10 Å². The first-order valence-corrected chi connectivity index (χ1v) is 9.86. The number of phenols is 1. The van der Waals surface area contributed by atoms with Gasteiger partial charge in [0.05, 0.1) is 26.1 Å². The summed E-state index contributed by atoms with van der Waals surface area (Å²) in [7, 11) is 3.00. The maximum absolute atomic E-state index is 12.3. The number of nitrogens with one attached hydrogen (secondary N) is 2. The van der Waals surface area contributed by atoms with Gasteiger partial charge in [-0.1, -0.05) is 12.1 Å². The van der Waals surface area contributed by atoms with Gasteiger partial charge in [-0.25, -0.2) is 5.43 Å². The average Bonchev–Trinajstić information content (AvgIpc) is 2.83. The van der Waals surface area contributed by atoms with E-state index in [-0.39, 0.29) is 18.3 Å². The minimum atomic E-state index is -0.417. The summed E-state index contributed by atoms with van der Waals surface area (Å²) in [5, 5.41) is 15.9. The molecule has 2 amide bonds. The van der Waals surface area contributed by atoms with Gasteiger partial charge in [0.1, 0.15) is 11.5 Å². The number of hydrazone groups is 1. The second kappa shape index (κ2) is 11.2. The van der Waals surface area contributed by atoms with Crippen molar-refractivity contribution in [2.45, 2.75) is 0 Å². The first kappa shape index (κ1) is 23.1. The number of hydrogen-bond donors (Lipinski definition) is 3. The van der Waals surface area contributed by atoms with Gasteiger partial charge in [-0.2, -0.15) is 5.10 Å². The number of methoxy groups -OCH3 is 2. The van der Waals surface area contributed by atoms with Crippen LogP contribution >= 0.6 is 0 Å². The molecule has 0 atom stereocenters. The Kier molecular flexibility index (Phi) is 7.85. The molecule has 0 fully saturated rings. The zero-order valence-corrected chi connectivity index (χ0v) is 18.1. The normalized spacial score (nSPS) is 10.5. The molecule has 0 unspecified atom stereocenters. The lowest BCUT2D eigenvalue weighted by Gasteiger charge is -2.12. The molecule has 170 valence electrons. The van der Waals surface area contributed by atoms with E-state index in [2.05, 4.69) is 15.8 Å². The molecule has 0 spiro atoms. The number of phenolic OH excluding ortho intramolecular Hbond substituents is 1. The van der Waals surface area contributed by atoms with Crippen molar-refractivity contribution in [3.8, 4) is 23.0 Å². The fourth-order valence-electron chi connectivity index (χ4n) is 2.80. The van der Waals surface area contributed by atoms with Gasteiger partial charge in [0.2, 0.25) is 0 Å². The van der Waals surface area contributed by atoms with Crippen LogP contribution in [0.25, 0.3) is 0 Å². The van der Waals surface area contributed by atoms with Gasteiger partial charge in [0.25, 0.3) is 11.8 Å². The number of carbonyl (C=O) groups is 2. The van der Waals surface area contributed by atoms with Gasteiger partial charge in [-0.15, -0.1) is 0 Å². The number of ether oxygens (including phenoxy) is 3. The van der Waals surface area contributed by atoms with Crippen molar-refractivity contribution in [1.82, 2.24) is 5.43 Å². The van der Waals surface area contributed by atoms with Crippen LogP contribution < -0.4 is 25.0 Å². The van der Waals surface area contributed by atoms with E-state index in [1.165, 1.54) is 44.7 Å². The van der Waals surface area contributed by atoms with Crippen LogP contribution in [0.4, 0.5) is 5.69 Å². The van der Waals surface area contributed by atoms with E-state index in [0.29, 0.717) is 34.1 Å². The maximum Gasteiger partial charge on any atom is 0.271 e. The number of benzene rings is 3. The summed E-state index contributed by atoms with van der Waals surface area (Å²) in [5.74, 6) is 0.613. The third-order valence-corrected chi connectivity index (χ3v) is 4.44. The standard InChI is InChI=1S/C24H23N3O6/c1-31-20-6-4-3-5-19(20)26-23(29)15-33-21-12-7-16(13-22(21)32-2)14-25-27-24(30)17-8-10-18(28)11-9-17/h3-14,28H,15H2,1-2H3,(H,26,29)(H,27,30)/b25-14-. The van der Waals surface area contributed by atoms with Gasteiger partial charge in [0.15, 0.2) is 18.1 Å². The lowest BCUT2D eigenvalue weighted by molar-refractivity contribution is -0.118. The SMILES string of the molecule is COc1ccccc1NC(=O)COc1ccc(/C=N\NC(=O)c2ccc(O)cc2)cc1OC. The lowest BCUT2D eigenvalue weighted by Crippen LogP contribution is -2.20. The van der Waals surface area contributed by atoms with E-state index >= 15 is 0 Å². The molecule has 0 heterocycles. The Morgan fingerprint density at radius 3 is 2.39 bits per heavy atom. The summed E-state index contributed by atoms with van der Waals surface area (Å²) < 4.78 is 16.1. The molecular weight excluding hydrogens is 426 g/mol. The predicted octanol–water partition coefficient (Wildman–Crippen LogP) is 3.19. The van der Waals surface area contributed by atoms with Crippen LogP contribution in [0, 0.1) is 0 Å². The zero-order chi connectivity index (χ0) is 23.6. The second-order valence-electron chi connectivity index (χ2n) is 6.69. The number of amides is 2. The molecule has 0 saturated carbocycles. The number of rotatable bonds is 9. The van der Waals surface area contributed by atoms with Crippen LogP contribution in [0.2, 0.25) is 0 Å². The molecule has 3 aromatic carbocycles. The van der Waals surface area contributed by atoms with Crippen molar-refractivity contribution in [3.63, 3.8) is 0 Å². The molecule has 3 N–H and O–H groups in total. The monoisotopic (exact) mass is 449 g/mol. The number of anilines is 1. The molecule has 0 saturated heterocycles. The van der Waals surface area contributed by atoms with Crippen molar-refractivity contribution in [2.75, 3.05) is 26.1 Å². The van der Waals surface area contributed by atoms with Crippen LogP contribution in [0.5, 0.6) is 23.0 Å². The van der Waals surface area contributed by atoms with Crippen LogP contribution in [-0.2, 0) is 4.79 Å². The van der Waals surface area contributed by atoms with Crippen molar-refractivity contribution >= 4 is 23.7 Å². The Labute approximate surface area is 190 Å². The number of carbonyl (C=O) groups excluding carboxylic acids is 2. The molecule has 9 nitrogen and oxygen atoms in total. The van der Waals surface area contributed by atoms with Gasteiger partial charge in [-0.3, -0.25) is 9.59 Å². The summed E-state index contributed by atoms with van der Waals surface area (Å²) in [4.78, 5) is 24.3. The summed E-state index contributed by atoms with van der Waals surface area (Å²) in [6, 6.07) is 17.9. The second-order valence-corrected chi connectivity index (χ2v) is 6.69. The zero-order valence-electron chi connectivity index (χ0n) is 18.1. The Bertz CT molecular complexity index is 1150. The van der Waals surface area contributed by atoms with Crippen molar-refractivity contribution < 1.29 is 28.9 Å². The quantitative estimate of drug-likeness (QED) is 0.341. The molecule has 0 aliphatic heterocycles. The third-order valence-electron chi connectivity index (χ3n) is 4.44. The highest BCUT2D eigenvalue weighted by atomic mass is 16.5. The van der Waals surface area contributed by atoms with E-state index in [9.17, 15) is 14.7 Å². The highest BCUT2D eigenvalue weighted by molar-refractivity contribution is 5.95. The van der Waals surface area contributed by atoms with Gasteiger partial charge >= 0.3 is 0 Å². The molecule has 3 aromatic rings. The number of hydrogen-bond acceptors (Lipinski definition) is 7. The molecular formula is C24H23N3O6. The summed E-state index contributed by atoms with van der Waals surface area (Å²) in [6.45, 7) is -0.232. The third kappa shape index (κ3) is 6.47. The first-order valence-electron chi connectivity index (χ1n) is 9.86. The van der Waals surface area contributed by atoms with E-state index in [0.717, 1.165) is 0 Å². The largest absolute Gasteiger partial charge is 0.508 e. The Morgan fingerprint density at radius 1 is 0.939 bits per heavy atom. The summed E-state index contributed by atoms with van der Waals surface area (Å²) in [6.07, 6.45) is 1.44. The van der Waals surface area contributed by atoms with Crippen molar-refractivity contribution in [3.05, 3.63) is 77.9 Å². The van der Waals surface area contributed by atoms with E-state index in [1.54, 1.807) is 42.5 Å². The first-order chi connectivity index (χ1) is 16.0. The number of para-hydroxylation sites is 2. The fraction of sp³-hybridized carbons (Fsp3) is 0.125. The highest BCUT2D eigenvalue weighted by Gasteiger charge is 2.11. The smallest absolute Gasteiger partial charge is 0.271 e. The van der Waals surface area contributed by atoms with E-state index < -0.39 is 5.91 Å². The van der Waals surface area contributed by atoms with Crippen LogP contribution in [0.15, 0.2) is 71.8 Å². The highest BCUT2D eigenvalue weighted by Crippen LogP contribution is 2.28. The Morgan fingerprint density at radius 2 is 1.67 bits per heavy atom. The predicted molar refractivity (Wildman–Crippen MR) is 123 cm³/mol. The Hall–Kier alpha value is -4.53. The average molecular weight is 449 g/mol. The molecule has 0 aliphatic rings. The summed E-state index contributed by atoms with van der Waals surface area (Å²) in [5.41, 5.74) is 3.95. The van der Waals surface area contributed by atoms with Gasteiger partial charge < -0.3 is 24.6 Å². The van der Waals surface area contributed by atoms with Crippen LogP contribution in [0.3, 0.4) is 0 Å². The Balaban J connectivity index is 1.57. The lowest BCUT2D eigenvalue weighted by atomic mass is 10.2. The number of aromatic hydroxyl groups is 1. The molecule has 3 rings (SSSR count). The van der Waals surface area contributed by atoms with Crippen LogP contribution in [-0.4, -0.2) is 44.0 Å². The van der Waals surface area contributed by atoms with E-state index in [1.807, 2.05) is 0 Å². The van der Waals surface area contributed by atoms with Crippen LogP contribution in [0.1, 0.15) is 15.9 Å². The molecule has 33 heavy (non-hydrogen) atoms. The van der Waals surface area contributed by atoms with Gasteiger partial charge in [-0.05, 0) is 60.2 Å². The van der Waals surface area contributed by atoms with Gasteiger partial charge in [0, 0.05) is 5.56 Å². The minimum absolute atomic E-state index is 0.0710. The molecule has 0 bridgehead atoms. The van der Waals surface area contributed by atoms with E-state index in [4.69, 9.17) is 14.2 Å². The van der Waals surface area contributed by atoms with Crippen molar-refractivity contribution in [1.29, 1.82) is 0 Å².